The minimum Gasteiger partial charge on any atom is -0.313 e. The summed E-state index contributed by atoms with van der Waals surface area (Å²) in [5, 5.41) is 3.66. The first-order valence-electron chi connectivity index (χ1n) is 6.62. The van der Waals surface area contributed by atoms with E-state index < -0.39 is 0 Å². The van der Waals surface area contributed by atoms with Crippen molar-refractivity contribution in [2.24, 2.45) is 17.8 Å². The first-order valence-corrected chi connectivity index (χ1v) is 6.62. The molecule has 1 saturated heterocycles. The number of hydrogen-bond donors (Lipinski definition) is 1. The molecule has 1 aliphatic carbocycles. The van der Waals surface area contributed by atoms with Gasteiger partial charge in [0.05, 0.1) is 0 Å². The van der Waals surface area contributed by atoms with E-state index in [1.165, 1.54) is 39.0 Å². The van der Waals surface area contributed by atoms with Crippen molar-refractivity contribution in [3.05, 3.63) is 0 Å². The molecule has 2 heteroatoms. The predicted molar refractivity (Wildman–Crippen MR) is 65.0 cm³/mol. The van der Waals surface area contributed by atoms with Crippen LogP contribution in [0.4, 0.5) is 0 Å². The molecule has 15 heavy (non-hydrogen) atoms. The van der Waals surface area contributed by atoms with E-state index in [1.807, 2.05) is 0 Å². The zero-order valence-electron chi connectivity index (χ0n) is 10.5. The Morgan fingerprint density at radius 2 is 1.80 bits per heavy atom. The molecule has 2 nitrogen and oxygen atoms in total. The Morgan fingerprint density at radius 1 is 1.20 bits per heavy atom. The molecular formula is C13H26N2. The fourth-order valence-electron chi connectivity index (χ4n) is 2.64. The van der Waals surface area contributed by atoms with Crippen LogP contribution in [0.5, 0.6) is 0 Å². The highest BCUT2D eigenvalue weighted by atomic mass is 15.2. The van der Waals surface area contributed by atoms with Gasteiger partial charge in [-0.25, -0.2) is 0 Å². The molecule has 0 aromatic heterocycles. The molecule has 0 bridgehead atoms. The van der Waals surface area contributed by atoms with Gasteiger partial charge in [-0.3, -0.25) is 0 Å². The fourth-order valence-corrected chi connectivity index (χ4v) is 2.64. The Hall–Kier alpha value is -0.0800. The average molecular weight is 210 g/mol. The number of nitrogens with one attached hydrogen (secondary N) is 1. The van der Waals surface area contributed by atoms with Crippen LogP contribution in [0.25, 0.3) is 0 Å². The molecule has 1 aliphatic heterocycles. The van der Waals surface area contributed by atoms with Gasteiger partial charge in [0.15, 0.2) is 0 Å². The smallest absolute Gasteiger partial charge is 0.0107 e. The minimum absolute atomic E-state index is 0.752. The highest BCUT2D eigenvalue weighted by Crippen LogP contribution is 2.32. The standard InChI is InChI=1S/C13H26N2/c1-10-8-15(9-11(10)2)7-6-14-12(3)13-4-5-13/h10-14H,4-9H2,1-3H3. The minimum atomic E-state index is 0.752. The molecule has 3 atom stereocenters. The van der Waals surface area contributed by atoms with Crippen molar-refractivity contribution in [3.8, 4) is 0 Å². The Bertz CT molecular complexity index is 191. The summed E-state index contributed by atoms with van der Waals surface area (Å²) in [4.78, 5) is 2.61. The lowest BCUT2D eigenvalue weighted by Gasteiger charge is -2.18. The molecule has 1 saturated carbocycles. The number of hydrogen-bond acceptors (Lipinski definition) is 2. The van der Waals surface area contributed by atoms with Gasteiger partial charge >= 0.3 is 0 Å². The van der Waals surface area contributed by atoms with Crippen LogP contribution in [0.3, 0.4) is 0 Å². The molecule has 1 heterocycles. The van der Waals surface area contributed by atoms with Crippen molar-refractivity contribution in [1.29, 1.82) is 0 Å². The number of nitrogens with zero attached hydrogens (tertiary/aromatic N) is 1. The second-order valence-electron chi connectivity index (χ2n) is 5.79. The van der Waals surface area contributed by atoms with Crippen molar-refractivity contribution >= 4 is 0 Å². The van der Waals surface area contributed by atoms with Crippen molar-refractivity contribution in [1.82, 2.24) is 10.2 Å². The zero-order chi connectivity index (χ0) is 10.8. The summed E-state index contributed by atoms with van der Waals surface area (Å²) in [5.74, 6) is 2.78. The SMILES string of the molecule is CC1CN(CCNC(C)C2CC2)CC1C. The van der Waals surface area contributed by atoms with Crippen LogP contribution in [-0.2, 0) is 0 Å². The van der Waals surface area contributed by atoms with Crippen molar-refractivity contribution in [2.75, 3.05) is 26.2 Å². The quantitative estimate of drug-likeness (QED) is 0.746. The Balaban J connectivity index is 1.58. The lowest BCUT2D eigenvalue weighted by Crippen LogP contribution is -2.36. The van der Waals surface area contributed by atoms with E-state index in [0.29, 0.717) is 0 Å². The van der Waals surface area contributed by atoms with Crippen LogP contribution in [0, 0.1) is 17.8 Å². The van der Waals surface area contributed by atoms with Crippen LogP contribution < -0.4 is 5.32 Å². The Morgan fingerprint density at radius 3 is 2.33 bits per heavy atom. The average Bonchev–Trinajstić information content (AvgIpc) is 2.96. The second kappa shape index (κ2) is 4.84. The maximum absolute atomic E-state index is 3.66. The zero-order valence-corrected chi connectivity index (χ0v) is 10.5. The van der Waals surface area contributed by atoms with Gasteiger partial charge in [-0.15, -0.1) is 0 Å². The summed E-state index contributed by atoms with van der Waals surface area (Å²) in [6.07, 6.45) is 2.90. The fraction of sp³-hybridized carbons (Fsp3) is 1.00. The van der Waals surface area contributed by atoms with Crippen LogP contribution in [0.1, 0.15) is 33.6 Å². The molecule has 1 N–H and O–H groups in total. The van der Waals surface area contributed by atoms with Gasteiger partial charge in [0.25, 0.3) is 0 Å². The largest absolute Gasteiger partial charge is 0.313 e. The number of likely N-dealkylation sites (tertiary alicyclic amines) is 1. The van der Waals surface area contributed by atoms with Crippen LogP contribution >= 0.6 is 0 Å². The van der Waals surface area contributed by atoms with Crippen LogP contribution in [0.15, 0.2) is 0 Å². The first-order chi connectivity index (χ1) is 7.16. The third-order valence-electron chi connectivity index (χ3n) is 4.29. The third-order valence-corrected chi connectivity index (χ3v) is 4.29. The van der Waals surface area contributed by atoms with Gasteiger partial charge in [0.2, 0.25) is 0 Å². The molecule has 2 rings (SSSR count). The summed E-state index contributed by atoms with van der Waals surface area (Å²) in [6, 6.07) is 0.752. The molecule has 88 valence electrons. The van der Waals surface area contributed by atoms with Crippen molar-refractivity contribution in [2.45, 2.75) is 39.7 Å². The predicted octanol–water partition coefficient (Wildman–Crippen LogP) is 1.96. The topological polar surface area (TPSA) is 15.3 Å². The van der Waals surface area contributed by atoms with E-state index in [9.17, 15) is 0 Å². The van der Waals surface area contributed by atoms with E-state index in [-0.39, 0.29) is 0 Å². The van der Waals surface area contributed by atoms with Crippen LogP contribution in [-0.4, -0.2) is 37.1 Å². The highest BCUT2D eigenvalue weighted by Gasteiger charge is 2.28. The maximum Gasteiger partial charge on any atom is 0.0107 e. The second-order valence-corrected chi connectivity index (χ2v) is 5.79. The number of rotatable bonds is 5. The van der Waals surface area contributed by atoms with Gasteiger partial charge in [0, 0.05) is 32.2 Å². The molecule has 0 spiro atoms. The summed E-state index contributed by atoms with van der Waals surface area (Å²) < 4.78 is 0. The lowest BCUT2D eigenvalue weighted by molar-refractivity contribution is 0.312. The van der Waals surface area contributed by atoms with Gasteiger partial charge in [-0.05, 0) is 37.5 Å². The van der Waals surface area contributed by atoms with Crippen molar-refractivity contribution < 1.29 is 0 Å². The van der Waals surface area contributed by atoms with Gasteiger partial charge in [-0.1, -0.05) is 13.8 Å². The molecule has 0 aromatic carbocycles. The van der Waals surface area contributed by atoms with Gasteiger partial charge in [0.1, 0.15) is 0 Å². The lowest BCUT2D eigenvalue weighted by atomic mass is 10.0. The van der Waals surface area contributed by atoms with E-state index in [4.69, 9.17) is 0 Å². The molecule has 2 fully saturated rings. The van der Waals surface area contributed by atoms with E-state index in [0.717, 1.165) is 23.8 Å². The third kappa shape index (κ3) is 3.18. The summed E-state index contributed by atoms with van der Waals surface area (Å²) in [5.41, 5.74) is 0. The van der Waals surface area contributed by atoms with Crippen molar-refractivity contribution in [3.63, 3.8) is 0 Å². The molecule has 0 radical (unpaired) electrons. The summed E-state index contributed by atoms with van der Waals surface area (Å²) in [6.45, 7) is 12.1. The van der Waals surface area contributed by atoms with Gasteiger partial charge in [-0.2, -0.15) is 0 Å². The normalized spacial score (nSPS) is 34.6. The highest BCUT2D eigenvalue weighted by molar-refractivity contribution is 4.84. The first kappa shape index (κ1) is 11.4. The molecule has 0 amide bonds. The maximum atomic E-state index is 3.66. The summed E-state index contributed by atoms with van der Waals surface area (Å²) >= 11 is 0. The van der Waals surface area contributed by atoms with Crippen LogP contribution in [0.2, 0.25) is 0 Å². The van der Waals surface area contributed by atoms with E-state index in [2.05, 4.69) is 31.0 Å². The summed E-state index contributed by atoms with van der Waals surface area (Å²) in [7, 11) is 0. The Labute approximate surface area is 94.4 Å². The monoisotopic (exact) mass is 210 g/mol. The van der Waals surface area contributed by atoms with E-state index >= 15 is 0 Å². The Kier molecular flexibility index (Phi) is 3.68. The molecule has 0 aromatic rings. The molecule has 3 unspecified atom stereocenters. The van der Waals surface area contributed by atoms with Gasteiger partial charge < -0.3 is 10.2 Å². The molecular weight excluding hydrogens is 184 g/mol. The van der Waals surface area contributed by atoms with E-state index in [1.54, 1.807) is 0 Å². The molecule has 2 aliphatic rings.